The van der Waals surface area contributed by atoms with Gasteiger partial charge in [0.15, 0.2) is 0 Å². The van der Waals surface area contributed by atoms with Crippen LogP contribution in [0.3, 0.4) is 0 Å². The van der Waals surface area contributed by atoms with E-state index in [0.717, 1.165) is 31.4 Å². The molecule has 2 atom stereocenters. The van der Waals surface area contributed by atoms with Crippen LogP contribution in [0.1, 0.15) is 70.6 Å². The molecule has 0 radical (unpaired) electrons. The summed E-state index contributed by atoms with van der Waals surface area (Å²) in [7, 11) is -3.60. The number of rotatable bonds is 11. The van der Waals surface area contributed by atoms with Crippen molar-refractivity contribution >= 4 is 15.8 Å². The van der Waals surface area contributed by atoms with E-state index in [1.807, 2.05) is 36.5 Å². The lowest BCUT2D eigenvalue weighted by Crippen LogP contribution is -2.46. The maximum Gasteiger partial charge on any atom is 0.215 e. The van der Waals surface area contributed by atoms with Gasteiger partial charge in [-0.3, -0.25) is 4.79 Å². The molecule has 2 aliphatic carbocycles. The van der Waals surface area contributed by atoms with E-state index < -0.39 is 15.4 Å². The van der Waals surface area contributed by atoms with Gasteiger partial charge in [-0.1, -0.05) is 63.9 Å². The van der Waals surface area contributed by atoms with E-state index in [9.17, 15) is 13.2 Å². The molecule has 2 unspecified atom stereocenters. The number of carbonyl (C=O) groups excluding carboxylic acids is 1. The van der Waals surface area contributed by atoms with Crippen LogP contribution < -0.4 is 0 Å². The topological polar surface area (TPSA) is 59.4 Å². The minimum absolute atomic E-state index is 0.0478. The third-order valence-corrected chi connectivity index (χ3v) is 10.4. The van der Waals surface area contributed by atoms with Gasteiger partial charge in [0.05, 0.1) is 12.3 Å². The van der Waals surface area contributed by atoms with Crippen molar-refractivity contribution < 1.29 is 13.2 Å². The van der Waals surface area contributed by atoms with E-state index in [2.05, 4.69) is 37.5 Å². The predicted molar refractivity (Wildman–Crippen MR) is 132 cm³/mol. The molecule has 2 fully saturated rings. The predicted octanol–water partition coefficient (Wildman–Crippen LogP) is 5.25. The average Bonchev–Trinajstić information content (AvgIpc) is 3.36. The number of benzene rings is 1. The van der Waals surface area contributed by atoms with Crippen molar-refractivity contribution in [2.45, 2.75) is 72.4 Å². The summed E-state index contributed by atoms with van der Waals surface area (Å²) in [6, 6.07) is 14.2. The number of unbranched alkanes of at least 4 members (excludes halogenated alkanes) is 2. The number of hydrogen-bond acceptors (Lipinski definition) is 3. The van der Waals surface area contributed by atoms with Crippen molar-refractivity contribution in [3.63, 3.8) is 0 Å². The van der Waals surface area contributed by atoms with Crippen LogP contribution in [-0.2, 0) is 27.9 Å². The van der Waals surface area contributed by atoms with Crippen molar-refractivity contribution in [1.29, 1.82) is 0 Å². The minimum atomic E-state index is -3.60. The number of nitrogens with zero attached hydrogens (tertiary/aromatic N) is 2. The minimum Gasteiger partial charge on any atom is -0.346 e. The first-order chi connectivity index (χ1) is 15.7. The Bertz CT molecular complexity index is 1070. The van der Waals surface area contributed by atoms with Crippen molar-refractivity contribution in [3.8, 4) is 0 Å². The lowest BCUT2D eigenvalue weighted by molar-refractivity contribution is -0.128. The lowest BCUT2D eigenvalue weighted by Gasteiger charge is -2.37. The molecule has 180 valence electrons. The molecule has 2 bridgehead atoms. The third kappa shape index (κ3) is 4.57. The first-order valence-corrected chi connectivity index (χ1v) is 14.0. The maximum absolute atomic E-state index is 13.9. The van der Waals surface area contributed by atoms with E-state index in [1.54, 1.807) is 4.31 Å². The molecule has 4 rings (SSSR count). The molecular weight excluding hydrogens is 432 g/mol. The van der Waals surface area contributed by atoms with Crippen molar-refractivity contribution in [1.82, 2.24) is 8.87 Å². The Labute approximate surface area is 199 Å². The molecule has 1 aromatic carbocycles. The molecule has 6 heteroatoms. The van der Waals surface area contributed by atoms with E-state index in [4.69, 9.17) is 0 Å². The number of Topliss-reactive ketones (excluding diaryl/α,β-unsaturated/α-hetero) is 1. The molecule has 2 aliphatic rings. The van der Waals surface area contributed by atoms with E-state index in [-0.39, 0.29) is 17.0 Å². The fraction of sp³-hybridized carbons (Fsp3) is 0.593. The lowest BCUT2D eigenvalue weighted by atomic mass is 9.70. The number of sulfonamides is 1. The molecule has 0 saturated heterocycles. The summed E-state index contributed by atoms with van der Waals surface area (Å²) in [6.45, 7) is 7.90. The molecule has 5 nitrogen and oxygen atoms in total. The van der Waals surface area contributed by atoms with Gasteiger partial charge in [0, 0.05) is 36.8 Å². The van der Waals surface area contributed by atoms with E-state index >= 15 is 0 Å². The van der Waals surface area contributed by atoms with Crippen LogP contribution in [0.2, 0.25) is 0 Å². The molecule has 0 amide bonds. The monoisotopic (exact) mass is 470 g/mol. The quantitative estimate of drug-likeness (QED) is 0.421. The zero-order valence-corrected chi connectivity index (χ0v) is 21.1. The van der Waals surface area contributed by atoms with Gasteiger partial charge in [0.1, 0.15) is 5.78 Å². The highest BCUT2D eigenvalue weighted by Crippen LogP contribution is 2.64. The normalized spacial score (nSPS) is 24.1. The van der Waals surface area contributed by atoms with Gasteiger partial charge in [-0.15, -0.1) is 0 Å². The smallest absolute Gasteiger partial charge is 0.215 e. The molecule has 2 saturated carbocycles. The van der Waals surface area contributed by atoms with Crippen LogP contribution in [0.4, 0.5) is 0 Å². The van der Waals surface area contributed by atoms with Crippen LogP contribution in [0.25, 0.3) is 0 Å². The number of carbonyl (C=O) groups is 1. The van der Waals surface area contributed by atoms with Gasteiger partial charge in [-0.2, -0.15) is 4.31 Å². The highest BCUT2D eigenvalue weighted by atomic mass is 32.2. The summed E-state index contributed by atoms with van der Waals surface area (Å²) in [5, 5.41) is 0. The first kappa shape index (κ1) is 24.2. The standard InChI is InChI=1S/C27H38N2O3S/c1-4-5-9-17-29(20-24-13-10-16-28(24)19-22-11-7-6-8-12-22)33(31,32)21-27-15-14-23(18-25(27)30)26(27,2)3/h6-8,10-13,16,23H,4-5,9,14-15,17-21H2,1-3H3. The van der Waals surface area contributed by atoms with Crippen LogP contribution in [0.15, 0.2) is 48.7 Å². The van der Waals surface area contributed by atoms with Gasteiger partial charge in [0.2, 0.25) is 10.0 Å². The van der Waals surface area contributed by atoms with Crippen LogP contribution in [-0.4, -0.2) is 35.4 Å². The Morgan fingerprint density at radius 3 is 2.48 bits per heavy atom. The van der Waals surface area contributed by atoms with Crippen LogP contribution >= 0.6 is 0 Å². The molecular formula is C27H38N2O3S. The second-order valence-corrected chi connectivity index (χ2v) is 12.5. The second kappa shape index (κ2) is 9.38. The van der Waals surface area contributed by atoms with Crippen molar-refractivity contribution in [3.05, 3.63) is 59.9 Å². The molecule has 0 aliphatic heterocycles. The van der Waals surface area contributed by atoms with E-state index in [1.165, 1.54) is 5.56 Å². The molecule has 2 aromatic rings. The summed E-state index contributed by atoms with van der Waals surface area (Å²) in [4.78, 5) is 13.0. The fourth-order valence-corrected chi connectivity index (χ4v) is 8.29. The Morgan fingerprint density at radius 2 is 1.85 bits per heavy atom. The molecule has 1 aromatic heterocycles. The SMILES string of the molecule is CCCCCN(Cc1cccn1Cc1ccccc1)S(=O)(=O)CC12CCC(CC1=O)C2(C)C. The Hall–Kier alpha value is -1.92. The molecule has 33 heavy (non-hydrogen) atoms. The summed E-state index contributed by atoms with van der Waals surface area (Å²) >= 11 is 0. The maximum atomic E-state index is 13.9. The second-order valence-electron chi connectivity index (χ2n) is 10.6. The van der Waals surface area contributed by atoms with E-state index in [0.29, 0.717) is 38.4 Å². The average molecular weight is 471 g/mol. The number of hydrogen-bond donors (Lipinski definition) is 0. The number of fused-ring (bicyclic) bond motifs is 2. The number of ketones is 1. The molecule has 1 heterocycles. The van der Waals surface area contributed by atoms with Gasteiger partial charge >= 0.3 is 0 Å². The summed E-state index contributed by atoms with van der Waals surface area (Å²) in [6.07, 6.45) is 7.09. The van der Waals surface area contributed by atoms with Crippen molar-refractivity contribution in [2.75, 3.05) is 12.3 Å². The summed E-state index contributed by atoms with van der Waals surface area (Å²) in [5.74, 6) is 0.429. The van der Waals surface area contributed by atoms with Crippen LogP contribution in [0, 0.1) is 16.7 Å². The Morgan fingerprint density at radius 1 is 1.09 bits per heavy atom. The largest absolute Gasteiger partial charge is 0.346 e. The third-order valence-electron chi connectivity index (χ3n) is 8.43. The highest BCUT2D eigenvalue weighted by Gasteiger charge is 2.65. The van der Waals surface area contributed by atoms with Gasteiger partial charge in [-0.05, 0) is 48.3 Å². The first-order valence-electron chi connectivity index (χ1n) is 12.4. The van der Waals surface area contributed by atoms with Gasteiger partial charge in [0.25, 0.3) is 0 Å². The molecule has 0 N–H and O–H groups in total. The Kier molecular flexibility index (Phi) is 6.88. The summed E-state index contributed by atoms with van der Waals surface area (Å²) in [5.41, 5.74) is 1.19. The van der Waals surface area contributed by atoms with Crippen molar-refractivity contribution in [2.24, 2.45) is 16.7 Å². The van der Waals surface area contributed by atoms with Crippen LogP contribution in [0.5, 0.6) is 0 Å². The fourth-order valence-electron chi connectivity index (χ4n) is 6.07. The number of aromatic nitrogens is 1. The Balaban J connectivity index is 1.58. The zero-order chi connectivity index (χ0) is 23.7. The highest BCUT2D eigenvalue weighted by molar-refractivity contribution is 7.89. The van der Waals surface area contributed by atoms with Gasteiger partial charge < -0.3 is 4.57 Å². The molecule has 0 spiro atoms. The van der Waals surface area contributed by atoms with Gasteiger partial charge in [-0.25, -0.2) is 8.42 Å². The summed E-state index contributed by atoms with van der Waals surface area (Å²) < 4.78 is 31.5. The zero-order valence-electron chi connectivity index (χ0n) is 20.3.